The molecular weight excluding hydrogens is 276 g/mol. The maximum atomic E-state index is 12.5. The zero-order valence-electron chi connectivity index (χ0n) is 13.7. The third-order valence-corrected chi connectivity index (χ3v) is 5.56. The first kappa shape index (κ1) is 15.8. The fourth-order valence-corrected chi connectivity index (χ4v) is 4.02. The van der Waals surface area contributed by atoms with Crippen LogP contribution in [0.1, 0.15) is 70.6 Å². The molecule has 0 aromatic rings. The summed E-state index contributed by atoms with van der Waals surface area (Å²) in [4.78, 5) is 26.9. The smallest absolute Gasteiger partial charge is 0.226 e. The summed E-state index contributed by atoms with van der Waals surface area (Å²) in [6, 6.07) is 0.351. The fourth-order valence-electron chi connectivity index (χ4n) is 4.02. The van der Waals surface area contributed by atoms with Crippen molar-refractivity contribution in [3.05, 3.63) is 0 Å². The lowest BCUT2D eigenvalue weighted by Crippen LogP contribution is -2.38. The monoisotopic (exact) mass is 306 g/mol. The first-order valence-corrected chi connectivity index (χ1v) is 9.35. The van der Waals surface area contributed by atoms with Crippen molar-refractivity contribution in [1.29, 1.82) is 0 Å². The van der Waals surface area contributed by atoms with E-state index >= 15 is 0 Å². The van der Waals surface area contributed by atoms with Crippen LogP contribution in [0.2, 0.25) is 0 Å². The molecule has 0 aromatic carbocycles. The summed E-state index contributed by atoms with van der Waals surface area (Å²) < 4.78 is 0. The van der Waals surface area contributed by atoms with E-state index in [1.807, 2.05) is 4.90 Å². The van der Waals surface area contributed by atoms with Crippen molar-refractivity contribution in [3.63, 3.8) is 0 Å². The molecule has 2 unspecified atom stereocenters. The Kier molecular flexibility index (Phi) is 5.37. The van der Waals surface area contributed by atoms with Gasteiger partial charge in [0.25, 0.3) is 0 Å². The van der Waals surface area contributed by atoms with Crippen molar-refractivity contribution in [2.24, 2.45) is 11.8 Å². The van der Waals surface area contributed by atoms with Crippen LogP contribution >= 0.6 is 0 Å². The minimum atomic E-state index is -0.0426. The van der Waals surface area contributed by atoms with E-state index < -0.39 is 0 Å². The number of likely N-dealkylation sites (tertiary alicyclic amines) is 1. The number of rotatable bonds is 3. The second-order valence-electron chi connectivity index (χ2n) is 7.39. The zero-order valence-corrected chi connectivity index (χ0v) is 13.7. The molecule has 3 fully saturated rings. The van der Waals surface area contributed by atoms with E-state index in [-0.39, 0.29) is 23.7 Å². The van der Waals surface area contributed by atoms with Gasteiger partial charge in [-0.25, -0.2) is 0 Å². The van der Waals surface area contributed by atoms with Gasteiger partial charge in [-0.3, -0.25) is 9.59 Å². The lowest BCUT2D eigenvalue weighted by Gasteiger charge is -2.20. The average molecular weight is 306 g/mol. The topological polar surface area (TPSA) is 49.4 Å². The van der Waals surface area contributed by atoms with Crippen LogP contribution in [-0.4, -0.2) is 35.8 Å². The quantitative estimate of drug-likeness (QED) is 0.815. The van der Waals surface area contributed by atoms with Crippen molar-refractivity contribution in [2.45, 2.75) is 76.7 Å². The average Bonchev–Trinajstić information content (AvgIpc) is 3.33. The standard InChI is InChI=1S/C18H30N2O2/c21-17(19-14-9-5-1-2-6-10-14)15-13-16(15)18(22)20-11-7-3-4-8-12-20/h14-16H,1-13H2,(H,19,21). The molecule has 2 atom stereocenters. The maximum Gasteiger partial charge on any atom is 0.226 e. The molecule has 4 nitrogen and oxygen atoms in total. The van der Waals surface area contributed by atoms with Gasteiger partial charge in [0.2, 0.25) is 11.8 Å². The highest BCUT2D eigenvalue weighted by molar-refractivity contribution is 5.92. The van der Waals surface area contributed by atoms with Crippen molar-refractivity contribution in [2.75, 3.05) is 13.1 Å². The summed E-state index contributed by atoms with van der Waals surface area (Å²) in [5, 5.41) is 3.21. The zero-order chi connectivity index (χ0) is 15.4. The van der Waals surface area contributed by atoms with Gasteiger partial charge in [0.1, 0.15) is 0 Å². The van der Waals surface area contributed by atoms with E-state index in [1.54, 1.807) is 0 Å². The number of amides is 2. The van der Waals surface area contributed by atoms with E-state index in [0.29, 0.717) is 6.04 Å². The number of nitrogens with one attached hydrogen (secondary N) is 1. The lowest BCUT2D eigenvalue weighted by molar-refractivity contribution is -0.134. The van der Waals surface area contributed by atoms with Crippen LogP contribution in [0.25, 0.3) is 0 Å². The van der Waals surface area contributed by atoms with Gasteiger partial charge in [0.15, 0.2) is 0 Å². The minimum Gasteiger partial charge on any atom is -0.353 e. The van der Waals surface area contributed by atoms with Gasteiger partial charge in [-0.2, -0.15) is 0 Å². The van der Waals surface area contributed by atoms with Crippen LogP contribution in [0.4, 0.5) is 0 Å². The maximum absolute atomic E-state index is 12.5. The van der Waals surface area contributed by atoms with Crippen LogP contribution in [-0.2, 0) is 9.59 Å². The molecule has 0 aromatic heterocycles. The highest BCUT2D eigenvalue weighted by atomic mass is 16.2. The molecule has 0 spiro atoms. The Balaban J connectivity index is 1.46. The van der Waals surface area contributed by atoms with Crippen molar-refractivity contribution < 1.29 is 9.59 Å². The number of carbonyl (C=O) groups is 2. The number of hydrogen-bond acceptors (Lipinski definition) is 2. The van der Waals surface area contributed by atoms with Gasteiger partial charge in [0, 0.05) is 19.1 Å². The summed E-state index contributed by atoms with van der Waals surface area (Å²) in [5.41, 5.74) is 0. The van der Waals surface area contributed by atoms with Crippen LogP contribution in [0.5, 0.6) is 0 Å². The van der Waals surface area contributed by atoms with E-state index in [2.05, 4.69) is 5.32 Å². The molecule has 3 aliphatic rings. The Bertz CT molecular complexity index is 394. The van der Waals surface area contributed by atoms with Crippen LogP contribution in [0, 0.1) is 11.8 Å². The van der Waals surface area contributed by atoms with Gasteiger partial charge < -0.3 is 10.2 Å². The predicted molar refractivity (Wildman–Crippen MR) is 86.3 cm³/mol. The second-order valence-corrected chi connectivity index (χ2v) is 7.39. The lowest BCUT2D eigenvalue weighted by atomic mass is 10.1. The molecule has 22 heavy (non-hydrogen) atoms. The van der Waals surface area contributed by atoms with E-state index in [0.717, 1.165) is 45.2 Å². The number of carbonyl (C=O) groups excluding carboxylic acids is 2. The third-order valence-electron chi connectivity index (χ3n) is 5.56. The van der Waals surface area contributed by atoms with E-state index in [4.69, 9.17) is 0 Å². The summed E-state index contributed by atoms with van der Waals surface area (Å²) in [7, 11) is 0. The van der Waals surface area contributed by atoms with Crippen LogP contribution in [0.3, 0.4) is 0 Å². The first-order chi connectivity index (χ1) is 10.8. The molecule has 124 valence electrons. The van der Waals surface area contributed by atoms with Gasteiger partial charge in [-0.05, 0) is 32.1 Å². The molecule has 3 rings (SSSR count). The Morgan fingerprint density at radius 1 is 0.773 bits per heavy atom. The Labute approximate surface area is 134 Å². The van der Waals surface area contributed by atoms with E-state index in [1.165, 1.54) is 38.5 Å². The predicted octanol–water partition coefficient (Wildman–Crippen LogP) is 2.86. The van der Waals surface area contributed by atoms with Gasteiger partial charge in [-0.1, -0.05) is 38.5 Å². The van der Waals surface area contributed by atoms with Crippen LogP contribution < -0.4 is 5.32 Å². The van der Waals surface area contributed by atoms with Gasteiger partial charge in [-0.15, -0.1) is 0 Å². The molecule has 0 radical (unpaired) electrons. The molecule has 1 heterocycles. The summed E-state index contributed by atoms with van der Waals surface area (Å²) in [5.74, 6) is 0.311. The van der Waals surface area contributed by atoms with Crippen molar-refractivity contribution in [3.8, 4) is 0 Å². The largest absolute Gasteiger partial charge is 0.353 e. The molecule has 1 aliphatic heterocycles. The molecule has 0 bridgehead atoms. The van der Waals surface area contributed by atoms with Crippen molar-refractivity contribution >= 4 is 11.8 Å². The molecule has 2 saturated carbocycles. The number of nitrogens with zero attached hydrogens (tertiary/aromatic N) is 1. The van der Waals surface area contributed by atoms with Gasteiger partial charge >= 0.3 is 0 Å². The summed E-state index contributed by atoms with van der Waals surface area (Å²) >= 11 is 0. The summed E-state index contributed by atoms with van der Waals surface area (Å²) in [6.07, 6.45) is 12.8. The Morgan fingerprint density at radius 2 is 1.36 bits per heavy atom. The third kappa shape index (κ3) is 4.02. The molecule has 1 saturated heterocycles. The fraction of sp³-hybridized carbons (Fsp3) is 0.889. The normalized spacial score (nSPS) is 30.3. The molecule has 4 heteroatoms. The van der Waals surface area contributed by atoms with Crippen LogP contribution in [0.15, 0.2) is 0 Å². The van der Waals surface area contributed by atoms with Gasteiger partial charge in [0.05, 0.1) is 11.8 Å². The SMILES string of the molecule is O=C(NC1CCCCCC1)C1CC1C(=O)N1CCCCCC1. The minimum absolute atomic E-state index is 0.0242. The van der Waals surface area contributed by atoms with E-state index in [9.17, 15) is 9.59 Å². The summed E-state index contributed by atoms with van der Waals surface area (Å²) in [6.45, 7) is 1.79. The molecule has 2 amide bonds. The Hall–Kier alpha value is -1.06. The highest BCUT2D eigenvalue weighted by Gasteiger charge is 2.49. The molecular formula is C18H30N2O2. The Morgan fingerprint density at radius 3 is 2.00 bits per heavy atom. The second kappa shape index (κ2) is 7.47. The van der Waals surface area contributed by atoms with Crippen molar-refractivity contribution in [1.82, 2.24) is 10.2 Å². The highest BCUT2D eigenvalue weighted by Crippen LogP contribution is 2.40. The molecule has 1 N–H and O–H groups in total. The number of hydrogen-bond donors (Lipinski definition) is 1. The first-order valence-electron chi connectivity index (χ1n) is 9.35. The molecule has 2 aliphatic carbocycles.